The molecule has 4 aromatic rings. The Balaban J connectivity index is 1.70. The molecule has 0 unspecified atom stereocenters. The molecule has 0 spiro atoms. The third-order valence-corrected chi connectivity index (χ3v) is 4.52. The van der Waals surface area contributed by atoms with Crippen LogP contribution in [0.3, 0.4) is 0 Å². The van der Waals surface area contributed by atoms with E-state index in [0.29, 0.717) is 23.9 Å². The molecular formula is C22H19F2N5. The maximum Gasteiger partial charge on any atom is 0.320 e. The van der Waals surface area contributed by atoms with Gasteiger partial charge in [-0.2, -0.15) is 8.78 Å². The summed E-state index contributed by atoms with van der Waals surface area (Å²) in [6, 6.07) is 19.0. The summed E-state index contributed by atoms with van der Waals surface area (Å²) in [5.74, 6) is 0.364. The van der Waals surface area contributed by atoms with Crippen molar-refractivity contribution in [2.45, 2.75) is 20.0 Å². The highest BCUT2D eigenvalue weighted by Crippen LogP contribution is 2.33. The number of aryl methyl sites for hydroxylation is 1. The minimum Gasteiger partial charge on any atom is -0.350 e. The molecule has 0 radical (unpaired) electrons. The lowest BCUT2D eigenvalue weighted by Gasteiger charge is -2.11. The van der Waals surface area contributed by atoms with Crippen molar-refractivity contribution in [2.75, 3.05) is 5.32 Å². The van der Waals surface area contributed by atoms with E-state index < -0.39 is 6.55 Å². The number of aromatic nitrogens is 4. The second kappa shape index (κ2) is 8.18. The van der Waals surface area contributed by atoms with Crippen LogP contribution in [0.1, 0.15) is 17.7 Å². The number of halogens is 2. The van der Waals surface area contributed by atoms with Gasteiger partial charge in [0.1, 0.15) is 6.33 Å². The van der Waals surface area contributed by atoms with Gasteiger partial charge in [0.05, 0.1) is 17.1 Å². The SMILES string of the molecule is Cc1ccc(-c2ncn(C(F)F)c2-c2ccnc(NCc3ccccc3)n2)cc1. The first-order valence-electron chi connectivity index (χ1n) is 9.15. The summed E-state index contributed by atoms with van der Waals surface area (Å²) < 4.78 is 28.1. The topological polar surface area (TPSA) is 55.6 Å². The zero-order chi connectivity index (χ0) is 20.2. The fraction of sp³-hybridized carbons (Fsp3) is 0.136. The van der Waals surface area contributed by atoms with Gasteiger partial charge in [-0.1, -0.05) is 60.2 Å². The third kappa shape index (κ3) is 4.13. The lowest BCUT2D eigenvalue weighted by Crippen LogP contribution is -2.06. The second-order valence-electron chi connectivity index (χ2n) is 6.60. The molecule has 0 aliphatic rings. The normalized spacial score (nSPS) is 11.0. The Morgan fingerprint density at radius 3 is 2.45 bits per heavy atom. The molecule has 0 amide bonds. The van der Waals surface area contributed by atoms with Crippen LogP contribution in [0.2, 0.25) is 0 Å². The molecule has 2 aromatic heterocycles. The van der Waals surface area contributed by atoms with Gasteiger partial charge in [-0.15, -0.1) is 0 Å². The first kappa shape index (κ1) is 18.7. The third-order valence-electron chi connectivity index (χ3n) is 4.52. The van der Waals surface area contributed by atoms with E-state index in [0.717, 1.165) is 27.6 Å². The smallest absolute Gasteiger partial charge is 0.320 e. The molecule has 0 aliphatic heterocycles. The second-order valence-corrected chi connectivity index (χ2v) is 6.60. The van der Waals surface area contributed by atoms with E-state index in [9.17, 15) is 8.78 Å². The summed E-state index contributed by atoms with van der Waals surface area (Å²) in [6.45, 7) is -0.228. The largest absolute Gasteiger partial charge is 0.350 e. The maximum atomic E-state index is 13.6. The summed E-state index contributed by atoms with van der Waals surface area (Å²) in [5, 5.41) is 3.14. The van der Waals surface area contributed by atoms with Crippen LogP contribution in [0.4, 0.5) is 14.7 Å². The number of hydrogen-bond acceptors (Lipinski definition) is 4. The van der Waals surface area contributed by atoms with Crippen molar-refractivity contribution < 1.29 is 8.78 Å². The number of benzene rings is 2. The van der Waals surface area contributed by atoms with Gasteiger partial charge in [0.25, 0.3) is 0 Å². The molecule has 1 N–H and O–H groups in total. The van der Waals surface area contributed by atoms with E-state index >= 15 is 0 Å². The van der Waals surface area contributed by atoms with Crippen LogP contribution >= 0.6 is 0 Å². The number of rotatable bonds is 6. The summed E-state index contributed by atoms with van der Waals surface area (Å²) in [4.78, 5) is 12.9. The van der Waals surface area contributed by atoms with Gasteiger partial charge in [0, 0.05) is 18.3 Å². The van der Waals surface area contributed by atoms with Crippen molar-refractivity contribution in [1.29, 1.82) is 0 Å². The van der Waals surface area contributed by atoms with E-state index in [2.05, 4.69) is 20.3 Å². The lowest BCUT2D eigenvalue weighted by atomic mass is 10.1. The fourth-order valence-corrected chi connectivity index (χ4v) is 3.04. The van der Waals surface area contributed by atoms with Crippen molar-refractivity contribution in [3.8, 4) is 22.6 Å². The minimum absolute atomic E-state index is 0.258. The summed E-state index contributed by atoms with van der Waals surface area (Å²) in [7, 11) is 0. The molecule has 0 saturated carbocycles. The molecule has 7 heteroatoms. The summed E-state index contributed by atoms with van der Waals surface area (Å²) >= 11 is 0. The van der Waals surface area contributed by atoms with Crippen molar-refractivity contribution in [1.82, 2.24) is 19.5 Å². The molecule has 2 heterocycles. The lowest BCUT2D eigenvalue weighted by molar-refractivity contribution is 0.0718. The minimum atomic E-state index is -2.73. The van der Waals surface area contributed by atoms with E-state index in [1.807, 2.05) is 61.5 Å². The highest BCUT2D eigenvalue weighted by atomic mass is 19.3. The van der Waals surface area contributed by atoms with Crippen LogP contribution in [0.15, 0.2) is 73.2 Å². The predicted octanol–water partition coefficient (Wildman–Crippen LogP) is 5.32. The number of alkyl halides is 2. The first-order chi connectivity index (χ1) is 14.1. The van der Waals surface area contributed by atoms with Gasteiger partial charge in [-0.25, -0.2) is 15.0 Å². The quantitative estimate of drug-likeness (QED) is 0.483. The molecular weight excluding hydrogens is 372 g/mol. The van der Waals surface area contributed by atoms with E-state index in [1.165, 1.54) is 0 Å². The van der Waals surface area contributed by atoms with Crippen molar-refractivity contribution in [2.24, 2.45) is 0 Å². The first-order valence-corrected chi connectivity index (χ1v) is 9.15. The molecule has 5 nitrogen and oxygen atoms in total. The number of nitrogens with zero attached hydrogens (tertiary/aromatic N) is 4. The average Bonchev–Trinajstić information content (AvgIpc) is 3.19. The Kier molecular flexibility index (Phi) is 5.29. The number of imidazole rings is 1. The van der Waals surface area contributed by atoms with E-state index in [1.54, 1.807) is 12.3 Å². The monoisotopic (exact) mass is 391 g/mol. The fourth-order valence-electron chi connectivity index (χ4n) is 3.04. The molecule has 29 heavy (non-hydrogen) atoms. The van der Waals surface area contributed by atoms with Crippen molar-refractivity contribution >= 4 is 5.95 Å². The number of anilines is 1. The van der Waals surface area contributed by atoms with Crippen LogP contribution in [0.5, 0.6) is 0 Å². The standard InChI is InChI=1S/C22H19F2N5/c1-15-7-9-17(10-8-15)19-20(29(14-27-19)21(23)24)18-11-12-25-22(28-18)26-13-16-5-3-2-4-6-16/h2-12,14,21H,13H2,1H3,(H,25,26,28). The predicted molar refractivity (Wildman–Crippen MR) is 108 cm³/mol. The number of nitrogens with one attached hydrogen (secondary N) is 1. The van der Waals surface area contributed by atoms with Crippen molar-refractivity contribution in [3.63, 3.8) is 0 Å². The zero-order valence-corrected chi connectivity index (χ0v) is 15.8. The molecule has 0 atom stereocenters. The highest BCUT2D eigenvalue weighted by molar-refractivity contribution is 5.77. The van der Waals surface area contributed by atoms with Crippen molar-refractivity contribution in [3.05, 3.63) is 84.3 Å². The Labute approximate surface area is 167 Å². The molecule has 0 aliphatic carbocycles. The van der Waals surface area contributed by atoms with Gasteiger partial charge < -0.3 is 5.32 Å². The van der Waals surface area contributed by atoms with Gasteiger partial charge in [-0.3, -0.25) is 4.57 Å². The van der Waals surface area contributed by atoms with Gasteiger partial charge >= 0.3 is 6.55 Å². The highest BCUT2D eigenvalue weighted by Gasteiger charge is 2.21. The van der Waals surface area contributed by atoms with Gasteiger partial charge in [-0.05, 0) is 18.6 Å². The summed E-state index contributed by atoms with van der Waals surface area (Å²) in [6.07, 6.45) is 2.70. The molecule has 4 rings (SSSR count). The van der Waals surface area contributed by atoms with Crippen LogP contribution in [-0.2, 0) is 6.54 Å². The Bertz CT molecular complexity index is 1090. The molecule has 2 aromatic carbocycles. The molecule has 0 fully saturated rings. The molecule has 0 bridgehead atoms. The number of hydrogen-bond donors (Lipinski definition) is 1. The molecule has 0 saturated heterocycles. The van der Waals surface area contributed by atoms with Crippen LogP contribution in [0.25, 0.3) is 22.6 Å². The van der Waals surface area contributed by atoms with Crippen LogP contribution < -0.4 is 5.32 Å². The maximum absolute atomic E-state index is 13.6. The van der Waals surface area contributed by atoms with Gasteiger partial charge in [0.15, 0.2) is 0 Å². The Morgan fingerprint density at radius 2 is 1.72 bits per heavy atom. The van der Waals surface area contributed by atoms with E-state index in [-0.39, 0.29) is 5.69 Å². The van der Waals surface area contributed by atoms with Crippen LogP contribution in [-0.4, -0.2) is 19.5 Å². The Hall–Kier alpha value is -3.61. The molecule has 146 valence electrons. The Morgan fingerprint density at radius 1 is 0.966 bits per heavy atom. The summed E-state index contributed by atoms with van der Waals surface area (Å²) in [5.41, 5.74) is 4.00. The van der Waals surface area contributed by atoms with E-state index in [4.69, 9.17) is 0 Å². The zero-order valence-electron chi connectivity index (χ0n) is 15.8. The average molecular weight is 391 g/mol. The van der Waals surface area contributed by atoms with Gasteiger partial charge in [0.2, 0.25) is 5.95 Å². The van der Waals surface area contributed by atoms with Crippen LogP contribution in [0, 0.1) is 6.92 Å².